The Morgan fingerprint density at radius 1 is 1.07 bits per heavy atom. The average Bonchev–Trinajstić information content (AvgIpc) is 3.10. The zero-order valence-electron chi connectivity index (χ0n) is 15.9. The minimum atomic E-state index is -0.344. The molecule has 0 bridgehead atoms. The summed E-state index contributed by atoms with van der Waals surface area (Å²) in [4.78, 5) is 31.8. The van der Waals surface area contributed by atoms with Gasteiger partial charge in [-0.25, -0.2) is 18.9 Å². The molecular formula is C22H21N5O2. The summed E-state index contributed by atoms with van der Waals surface area (Å²) >= 11 is 0. The molecule has 1 saturated heterocycles. The van der Waals surface area contributed by atoms with Crippen LogP contribution in [0.25, 0.3) is 16.6 Å². The molecule has 2 aromatic heterocycles. The van der Waals surface area contributed by atoms with Gasteiger partial charge in [-0.05, 0) is 30.5 Å². The fourth-order valence-electron chi connectivity index (χ4n) is 4.14. The number of likely N-dealkylation sites (tertiary alicyclic amines) is 1. The molecule has 0 saturated carbocycles. The number of hydrogen-bond acceptors (Lipinski definition) is 4. The number of para-hydroxylation sites is 1. The van der Waals surface area contributed by atoms with E-state index >= 15 is 0 Å². The number of carbonyl (C=O) groups excluding carboxylic acids is 1. The number of piperidine rings is 1. The molecule has 7 heteroatoms. The Bertz CT molecular complexity index is 1240. The lowest BCUT2D eigenvalue weighted by Gasteiger charge is -2.33. The van der Waals surface area contributed by atoms with Crippen molar-refractivity contribution >= 4 is 22.5 Å². The quantitative estimate of drug-likeness (QED) is 0.541. The van der Waals surface area contributed by atoms with Crippen LogP contribution in [-0.4, -0.2) is 43.1 Å². The molecule has 1 amide bonds. The maximum absolute atomic E-state index is 12.9. The predicted molar refractivity (Wildman–Crippen MR) is 110 cm³/mol. The van der Waals surface area contributed by atoms with Gasteiger partial charge < -0.3 is 4.90 Å². The van der Waals surface area contributed by atoms with Gasteiger partial charge in [-0.3, -0.25) is 4.79 Å². The van der Waals surface area contributed by atoms with Gasteiger partial charge in [0.1, 0.15) is 12.9 Å². The normalized spacial score (nSPS) is 17.1. The topological polar surface area (TPSA) is 72.5 Å². The SMILES string of the molecule is O=C(Cn1nc2c3ccccc3ncn2c1=O)N1CCCC(c2ccccc2)C1. The summed E-state index contributed by atoms with van der Waals surface area (Å²) in [6.45, 7) is 1.33. The Balaban J connectivity index is 1.40. The van der Waals surface area contributed by atoms with Crippen LogP contribution in [0.1, 0.15) is 24.3 Å². The van der Waals surface area contributed by atoms with Gasteiger partial charge in [0.15, 0.2) is 5.65 Å². The van der Waals surface area contributed by atoms with Gasteiger partial charge in [-0.2, -0.15) is 0 Å². The Labute approximate surface area is 167 Å². The maximum Gasteiger partial charge on any atom is 0.352 e. The smallest absolute Gasteiger partial charge is 0.340 e. The van der Waals surface area contributed by atoms with E-state index in [4.69, 9.17) is 0 Å². The summed E-state index contributed by atoms with van der Waals surface area (Å²) in [6.07, 6.45) is 3.50. The average molecular weight is 387 g/mol. The molecule has 0 spiro atoms. The number of hydrogen-bond donors (Lipinski definition) is 0. The molecular weight excluding hydrogens is 366 g/mol. The van der Waals surface area contributed by atoms with E-state index in [1.165, 1.54) is 21.0 Å². The number of aromatic nitrogens is 4. The lowest BCUT2D eigenvalue weighted by atomic mass is 9.90. The van der Waals surface area contributed by atoms with Crippen molar-refractivity contribution < 1.29 is 4.79 Å². The van der Waals surface area contributed by atoms with Gasteiger partial charge >= 0.3 is 5.69 Å². The number of nitrogens with zero attached hydrogens (tertiary/aromatic N) is 5. The molecule has 1 atom stereocenters. The Hall–Kier alpha value is -3.48. The highest BCUT2D eigenvalue weighted by atomic mass is 16.2. The van der Waals surface area contributed by atoms with Crippen molar-refractivity contribution in [2.75, 3.05) is 13.1 Å². The molecule has 146 valence electrons. The van der Waals surface area contributed by atoms with Crippen LogP contribution in [0.15, 0.2) is 65.7 Å². The van der Waals surface area contributed by atoms with E-state index in [2.05, 4.69) is 22.2 Å². The van der Waals surface area contributed by atoms with Gasteiger partial charge in [0.2, 0.25) is 5.91 Å². The second kappa shape index (κ2) is 7.16. The van der Waals surface area contributed by atoms with E-state index in [9.17, 15) is 9.59 Å². The summed E-state index contributed by atoms with van der Waals surface area (Å²) in [5, 5.41) is 5.22. The third kappa shape index (κ3) is 3.18. The highest BCUT2D eigenvalue weighted by Gasteiger charge is 2.25. The Morgan fingerprint density at radius 3 is 2.72 bits per heavy atom. The van der Waals surface area contributed by atoms with E-state index in [0.29, 0.717) is 18.1 Å². The van der Waals surface area contributed by atoms with Crippen molar-refractivity contribution in [2.45, 2.75) is 25.3 Å². The molecule has 7 nitrogen and oxygen atoms in total. The number of carbonyl (C=O) groups is 1. The van der Waals surface area contributed by atoms with E-state index in [1.807, 2.05) is 47.4 Å². The van der Waals surface area contributed by atoms with Crippen LogP contribution in [0.5, 0.6) is 0 Å². The van der Waals surface area contributed by atoms with Crippen molar-refractivity contribution in [3.8, 4) is 0 Å². The minimum Gasteiger partial charge on any atom is -0.340 e. The molecule has 1 unspecified atom stereocenters. The zero-order valence-corrected chi connectivity index (χ0v) is 15.9. The van der Waals surface area contributed by atoms with Gasteiger partial charge in [0.25, 0.3) is 0 Å². The van der Waals surface area contributed by atoms with E-state index in [1.54, 1.807) is 0 Å². The van der Waals surface area contributed by atoms with Crippen molar-refractivity contribution in [2.24, 2.45) is 0 Å². The Morgan fingerprint density at radius 2 is 1.86 bits per heavy atom. The van der Waals surface area contributed by atoms with Crippen molar-refractivity contribution in [3.63, 3.8) is 0 Å². The largest absolute Gasteiger partial charge is 0.352 e. The first-order valence-electron chi connectivity index (χ1n) is 9.86. The molecule has 3 heterocycles. The van der Waals surface area contributed by atoms with Crippen molar-refractivity contribution in [1.29, 1.82) is 0 Å². The summed E-state index contributed by atoms with van der Waals surface area (Å²) in [6, 6.07) is 17.8. The first-order valence-corrected chi connectivity index (χ1v) is 9.86. The lowest BCUT2D eigenvalue weighted by molar-refractivity contribution is -0.133. The second-order valence-electron chi connectivity index (χ2n) is 7.49. The van der Waals surface area contributed by atoms with E-state index < -0.39 is 0 Å². The molecule has 1 fully saturated rings. The van der Waals surface area contributed by atoms with E-state index in [-0.39, 0.29) is 18.1 Å². The van der Waals surface area contributed by atoms with Crippen LogP contribution < -0.4 is 5.69 Å². The van der Waals surface area contributed by atoms with Gasteiger partial charge in [-0.15, -0.1) is 5.10 Å². The summed E-state index contributed by atoms with van der Waals surface area (Å²) in [7, 11) is 0. The fourth-order valence-corrected chi connectivity index (χ4v) is 4.14. The molecule has 0 radical (unpaired) electrons. The number of rotatable bonds is 3. The minimum absolute atomic E-state index is 0.0592. The third-order valence-electron chi connectivity index (χ3n) is 5.66. The third-order valence-corrected chi connectivity index (χ3v) is 5.66. The maximum atomic E-state index is 12.9. The monoisotopic (exact) mass is 387 g/mol. The number of amides is 1. The lowest BCUT2D eigenvalue weighted by Crippen LogP contribution is -2.42. The molecule has 0 N–H and O–H groups in total. The molecule has 0 aliphatic carbocycles. The van der Waals surface area contributed by atoms with Gasteiger partial charge in [0.05, 0.1) is 5.52 Å². The van der Waals surface area contributed by atoms with Crippen LogP contribution in [0, 0.1) is 0 Å². The molecule has 1 aliphatic rings. The second-order valence-corrected chi connectivity index (χ2v) is 7.49. The summed E-state index contributed by atoms with van der Waals surface area (Å²) in [5.74, 6) is 0.258. The van der Waals surface area contributed by atoms with Gasteiger partial charge in [0, 0.05) is 24.4 Å². The summed E-state index contributed by atoms with van der Waals surface area (Å²) in [5.41, 5.74) is 2.20. The molecule has 2 aromatic carbocycles. The first-order chi connectivity index (χ1) is 14.2. The van der Waals surface area contributed by atoms with Crippen LogP contribution in [0.4, 0.5) is 0 Å². The van der Waals surface area contributed by atoms with Crippen LogP contribution in [0.3, 0.4) is 0 Å². The molecule has 1 aliphatic heterocycles. The highest BCUT2D eigenvalue weighted by Crippen LogP contribution is 2.26. The molecule has 4 aromatic rings. The highest BCUT2D eigenvalue weighted by molar-refractivity contribution is 5.90. The van der Waals surface area contributed by atoms with Crippen LogP contribution >= 0.6 is 0 Å². The first kappa shape index (κ1) is 17.6. The standard InChI is InChI=1S/C22H21N5O2/c28-20(25-12-6-9-17(13-25)16-7-2-1-3-8-16)14-27-22(29)26-15-23-19-11-5-4-10-18(19)21(26)24-27/h1-5,7-8,10-11,15,17H,6,9,12-14H2. The van der Waals surface area contributed by atoms with Crippen molar-refractivity contribution in [1.82, 2.24) is 24.1 Å². The van der Waals surface area contributed by atoms with Crippen LogP contribution in [0.2, 0.25) is 0 Å². The number of benzene rings is 2. The predicted octanol–water partition coefficient (Wildman–Crippen LogP) is 2.45. The van der Waals surface area contributed by atoms with Crippen molar-refractivity contribution in [3.05, 3.63) is 77.0 Å². The Kier molecular flexibility index (Phi) is 4.35. The zero-order chi connectivity index (χ0) is 19.8. The number of fused-ring (bicyclic) bond motifs is 3. The van der Waals surface area contributed by atoms with E-state index in [0.717, 1.165) is 30.3 Å². The van der Waals surface area contributed by atoms with Gasteiger partial charge in [-0.1, -0.05) is 42.5 Å². The van der Waals surface area contributed by atoms with Crippen LogP contribution in [-0.2, 0) is 11.3 Å². The molecule has 5 rings (SSSR count). The fraction of sp³-hybridized carbons (Fsp3) is 0.273. The summed E-state index contributed by atoms with van der Waals surface area (Å²) < 4.78 is 2.65. The molecule has 29 heavy (non-hydrogen) atoms.